The summed E-state index contributed by atoms with van der Waals surface area (Å²) >= 11 is 0. The Hall–Kier alpha value is -1.42. The maximum absolute atomic E-state index is 5.64. The molecular weight excluding hydrogens is 156 g/mol. The summed E-state index contributed by atoms with van der Waals surface area (Å²) in [6.45, 7) is 0. The van der Waals surface area contributed by atoms with Gasteiger partial charge in [-0.15, -0.1) is 0 Å². The van der Waals surface area contributed by atoms with Crippen LogP contribution in [0.1, 0.15) is 0 Å². The Morgan fingerprint density at radius 3 is 2.25 bits per heavy atom. The molecule has 0 spiro atoms. The van der Waals surface area contributed by atoms with Crippen LogP contribution in [0.4, 0.5) is 11.4 Å². The van der Waals surface area contributed by atoms with Crippen molar-refractivity contribution in [2.75, 3.05) is 20.0 Å². The van der Waals surface area contributed by atoms with E-state index in [0.29, 0.717) is 17.2 Å². The number of nitrogens with two attached hydrogens (primary N) is 1. The molecule has 66 valence electrons. The lowest BCUT2D eigenvalue weighted by Crippen LogP contribution is -2.40. The van der Waals surface area contributed by atoms with Crippen LogP contribution in [-0.4, -0.2) is 14.2 Å². The third-order valence-electron chi connectivity index (χ3n) is 1.63. The average Bonchev–Trinajstić information content (AvgIpc) is 2.08. The van der Waals surface area contributed by atoms with Crippen LogP contribution in [0.2, 0.25) is 0 Å². The highest BCUT2D eigenvalue weighted by atomic mass is 16.5. The molecular formula is C8H13N2O2+. The van der Waals surface area contributed by atoms with Gasteiger partial charge < -0.3 is 20.9 Å². The zero-order chi connectivity index (χ0) is 9.14. The first kappa shape index (κ1) is 8.67. The summed E-state index contributed by atoms with van der Waals surface area (Å²) in [5, 5.41) is 0. The molecule has 0 unspecified atom stereocenters. The molecule has 0 heterocycles. The molecule has 0 aromatic heterocycles. The fourth-order valence-corrected chi connectivity index (χ4v) is 0.985. The van der Waals surface area contributed by atoms with E-state index >= 15 is 0 Å². The fraction of sp³-hybridized carbons (Fsp3) is 0.250. The van der Waals surface area contributed by atoms with Crippen molar-refractivity contribution in [2.24, 2.45) is 0 Å². The topological polar surface area (TPSA) is 72.1 Å². The van der Waals surface area contributed by atoms with E-state index < -0.39 is 0 Å². The molecule has 1 aromatic carbocycles. The molecule has 0 radical (unpaired) electrons. The highest BCUT2D eigenvalue weighted by molar-refractivity contribution is 5.63. The molecule has 12 heavy (non-hydrogen) atoms. The van der Waals surface area contributed by atoms with Crippen LogP contribution in [0.15, 0.2) is 12.1 Å². The second kappa shape index (κ2) is 3.32. The number of anilines is 1. The van der Waals surface area contributed by atoms with Crippen LogP contribution in [0.5, 0.6) is 11.5 Å². The Morgan fingerprint density at radius 2 is 1.75 bits per heavy atom. The Morgan fingerprint density at radius 1 is 1.17 bits per heavy atom. The lowest BCUT2D eigenvalue weighted by Gasteiger charge is -2.06. The first-order valence-electron chi connectivity index (χ1n) is 3.52. The maximum Gasteiger partial charge on any atom is 0.181 e. The average molecular weight is 169 g/mol. The number of methoxy groups -OCH3 is 2. The van der Waals surface area contributed by atoms with Crippen LogP contribution in [-0.2, 0) is 0 Å². The summed E-state index contributed by atoms with van der Waals surface area (Å²) in [6, 6.07) is 3.44. The van der Waals surface area contributed by atoms with Crippen LogP contribution in [0.3, 0.4) is 0 Å². The van der Waals surface area contributed by atoms with Crippen LogP contribution >= 0.6 is 0 Å². The minimum atomic E-state index is 0.557. The quantitative estimate of drug-likeness (QED) is 0.619. The van der Waals surface area contributed by atoms with Crippen molar-refractivity contribution in [3.63, 3.8) is 0 Å². The number of nitrogen functional groups attached to an aromatic ring is 1. The monoisotopic (exact) mass is 169 g/mol. The molecule has 0 aliphatic heterocycles. The van der Waals surface area contributed by atoms with E-state index in [1.165, 1.54) is 0 Å². The Labute approximate surface area is 71.1 Å². The smallest absolute Gasteiger partial charge is 0.181 e. The largest absolute Gasteiger partial charge is 0.494 e. The highest BCUT2D eigenvalue weighted by Crippen LogP contribution is 2.30. The van der Waals surface area contributed by atoms with E-state index in [-0.39, 0.29) is 0 Å². The van der Waals surface area contributed by atoms with Crippen molar-refractivity contribution in [3.8, 4) is 11.5 Å². The molecule has 0 amide bonds. The molecule has 4 heteroatoms. The SMILES string of the molecule is COc1cc([NH3+])c(OC)cc1N. The lowest BCUT2D eigenvalue weighted by molar-refractivity contribution is -0.256. The first-order chi connectivity index (χ1) is 5.69. The van der Waals surface area contributed by atoms with Crippen molar-refractivity contribution in [1.82, 2.24) is 0 Å². The molecule has 4 nitrogen and oxygen atoms in total. The van der Waals surface area contributed by atoms with Crippen LogP contribution in [0.25, 0.3) is 0 Å². The van der Waals surface area contributed by atoms with E-state index in [1.54, 1.807) is 26.4 Å². The van der Waals surface area contributed by atoms with Crippen molar-refractivity contribution in [1.29, 1.82) is 0 Å². The summed E-state index contributed by atoms with van der Waals surface area (Å²) in [5.74, 6) is 1.30. The van der Waals surface area contributed by atoms with Gasteiger partial charge in [0.05, 0.1) is 19.9 Å². The van der Waals surface area contributed by atoms with Gasteiger partial charge in [-0.2, -0.15) is 0 Å². The van der Waals surface area contributed by atoms with Crippen LogP contribution in [0, 0.1) is 0 Å². The predicted molar refractivity (Wildman–Crippen MR) is 46.5 cm³/mol. The van der Waals surface area contributed by atoms with Crippen LogP contribution < -0.4 is 20.9 Å². The van der Waals surface area contributed by atoms with Gasteiger partial charge in [0.15, 0.2) is 11.4 Å². The molecule has 5 N–H and O–H groups in total. The van der Waals surface area contributed by atoms with Gasteiger partial charge in [0.1, 0.15) is 5.75 Å². The third kappa shape index (κ3) is 1.43. The molecule has 0 bridgehead atoms. The summed E-state index contributed by atoms with van der Waals surface area (Å²) in [4.78, 5) is 0. The molecule has 0 atom stereocenters. The number of rotatable bonds is 2. The van der Waals surface area contributed by atoms with Gasteiger partial charge in [-0.3, -0.25) is 0 Å². The maximum atomic E-state index is 5.64. The number of ether oxygens (including phenoxy) is 2. The van der Waals surface area contributed by atoms with Gasteiger partial charge >= 0.3 is 0 Å². The van der Waals surface area contributed by atoms with Gasteiger partial charge in [0, 0.05) is 12.1 Å². The van der Waals surface area contributed by atoms with Gasteiger partial charge in [-0.05, 0) is 0 Å². The lowest BCUT2D eigenvalue weighted by atomic mass is 10.2. The predicted octanol–water partition coefficient (Wildman–Crippen LogP) is 0.159. The second-order valence-electron chi connectivity index (χ2n) is 2.41. The van der Waals surface area contributed by atoms with Crippen molar-refractivity contribution >= 4 is 11.4 Å². The molecule has 1 rings (SSSR count). The minimum Gasteiger partial charge on any atom is -0.494 e. The van der Waals surface area contributed by atoms with Crippen molar-refractivity contribution < 1.29 is 15.2 Å². The molecule has 0 saturated heterocycles. The minimum absolute atomic E-state index is 0.557. The first-order valence-corrected chi connectivity index (χ1v) is 3.52. The van der Waals surface area contributed by atoms with E-state index in [2.05, 4.69) is 5.73 Å². The third-order valence-corrected chi connectivity index (χ3v) is 1.63. The number of benzene rings is 1. The molecule has 0 aliphatic carbocycles. The van der Waals surface area contributed by atoms with E-state index in [9.17, 15) is 0 Å². The zero-order valence-electron chi connectivity index (χ0n) is 7.26. The normalized spacial score (nSPS) is 9.58. The molecule has 0 fully saturated rings. The summed E-state index contributed by atoms with van der Waals surface area (Å²) in [5.41, 5.74) is 10.7. The Bertz CT molecular complexity index is 257. The van der Waals surface area contributed by atoms with Crippen molar-refractivity contribution in [3.05, 3.63) is 12.1 Å². The molecule has 1 aromatic rings. The van der Waals surface area contributed by atoms with E-state index in [4.69, 9.17) is 15.2 Å². The number of hydrogen-bond donors (Lipinski definition) is 2. The number of hydrogen-bond acceptors (Lipinski definition) is 3. The van der Waals surface area contributed by atoms with Gasteiger partial charge in [-0.1, -0.05) is 0 Å². The summed E-state index contributed by atoms with van der Waals surface area (Å²) in [6.07, 6.45) is 0. The number of quaternary nitrogens is 1. The second-order valence-corrected chi connectivity index (χ2v) is 2.41. The standard InChI is InChI=1S/C8H12N2O2/c1-11-7-3-6(10)8(12-2)4-5(7)9/h3-4H,9-10H2,1-2H3/p+1. The summed E-state index contributed by atoms with van der Waals surface area (Å²) < 4.78 is 10.0. The Balaban J connectivity index is 3.16. The molecule has 0 aliphatic rings. The Kier molecular flexibility index (Phi) is 2.40. The van der Waals surface area contributed by atoms with Crippen molar-refractivity contribution in [2.45, 2.75) is 0 Å². The molecule has 0 saturated carbocycles. The van der Waals surface area contributed by atoms with Gasteiger partial charge in [-0.25, -0.2) is 0 Å². The van der Waals surface area contributed by atoms with Gasteiger partial charge in [0.2, 0.25) is 0 Å². The van der Waals surface area contributed by atoms with E-state index in [1.807, 2.05) is 0 Å². The van der Waals surface area contributed by atoms with Gasteiger partial charge in [0.25, 0.3) is 0 Å². The fourth-order valence-electron chi connectivity index (χ4n) is 0.985. The highest BCUT2D eigenvalue weighted by Gasteiger charge is 2.08. The summed E-state index contributed by atoms with van der Waals surface area (Å²) in [7, 11) is 3.15. The van der Waals surface area contributed by atoms with E-state index in [0.717, 1.165) is 5.69 Å². The zero-order valence-corrected chi connectivity index (χ0v) is 7.26.